The van der Waals surface area contributed by atoms with Crippen LogP contribution in [-0.2, 0) is 9.59 Å². The topological polar surface area (TPSA) is 70.2 Å². The average molecular weight is 313 g/mol. The molecule has 1 atom stereocenters. The van der Waals surface area contributed by atoms with Gasteiger partial charge in [0.2, 0.25) is 11.8 Å². The molecule has 5 heteroatoms. The maximum absolute atomic E-state index is 11.8. The van der Waals surface area contributed by atoms with Gasteiger partial charge in [-0.1, -0.05) is 42.5 Å². The Balaban J connectivity index is 1.90. The molecule has 0 fully saturated rings. The van der Waals surface area contributed by atoms with Crippen molar-refractivity contribution in [3.63, 3.8) is 0 Å². The number of amides is 2. The Morgan fingerprint density at radius 1 is 0.957 bits per heavy atom. The van der Waals surface area contributed by atoms with Crippen LogP contribution in [0.4, 0.5) is 0 Å². The number of hydrogen-bond donors (Lipinski definition) is 3. The Morgan fingerprint density at radius 3 is 2.43 bits per heavy atom. The van der Waals surface area contributed by atoms with Crippen LogP contribution in [0.15, 0.2) is 42.5 Å². The zero-order valence-corrected chi connectivity index (χ0v) is 13.6. The van der Waals surface area contributed by atoms with Gasteiger partial charge in [-0.25, -0.2) is 0 Å². The lowest BCUT2D eigenvalue weighted by Gasteiger charge is -2.16. The minimum absolute atomic E-state index is 0.0109. The summed E-state index contributed by atoms with van der Waals surface area (Å²) in [5.41, 5.74) is 1.15. The van der Waals surface area contributed by atoms with Crippen molar-refractivity contribution in [2.24, 2.45) is 0 Å². The molecular weight excluding hydrogens is 290 g/mol. The molecule has 122 valence electrons. The number of likely N-dealkylation sites (N-methyl/N-ethyl adjacent to an activating group) is 1. The summed E-state index contributed by atoms with van der Waals surface area (Å²) in [6, 6.07) is 14.4. The third-order valence-electron chi connectivity index (χ3n) is 3.68. The second kappa shape index (κ2) is 8.29. The molecule has 0 heterocycles. The van der Waals surface area contributed by atoms with E-state index in [0.717, 1.165) is 5.56 Å². The molecule has 0 aliphatic heterocycles. The predicted octanol–water partition coefficient (Wildman–Crippen LogP) is 1.74. The standard InChI is InChI=1S/C18H23N3O2/c1-3-19-17(22)12-21-18(23)11-20-13(2)15-10-6-8-14-7-4-5-9-16(14)15/h4-10,13,20H,3,11-12H2,1-2H3,(H,19,22)(H,21,23)/t13-/m0/s1. The Hall–Kier alpha value is -2.40. The lowest BCUT2D eigenvalue weighted by atomic mass is 10.00. The van der Waals surface area contributed by atoms with Gasteiger partial charge in [-0.2, -0.15) is 0 Å². The summed E-state index contributed by atoms with van der Waals surface area (Å²) < 4.78 is 0. The van der Waals surface area contributed by atoms with Gasteiger partial charge in [0.1, 0.15) is 0 Å². The van der Waals surface area contributed by atoms with Crippen molar-refractivity contribution in [2.45, 2.75) is 19.9 Å². The van der Waals surface area contributed by atoms with E-state index in [1.807, 2.05) is 32.0 Å². The van der Waals surface area contributed by atoms with Crippen molar-refractivity contribution in [1.29, 1.82) is 0 Å². The molecule has 0 unspecified atom stereocenters. The van der Waals surface area contributed by atoms with Gasteiger partial charge in [-0.15, -0.1) is 0 Å². The molecule has 0 aliphatic rings. The first-order valence-corrected chi connectivity index (χ1v) is 7.86. The molecule has 0 aliphatic carbocycles. The Bertz CT molecular complexity index is 680. The highest BCUT2D eigenvalue weighted by Gasteiger charge is 2.11. The molecule has 2 aromatic carbocycles. The third-order valence-corrected chi connectivity index (χ3v) is 3.68. The van der Waals surface area contributed by atoms with Gasteiger partial charge in [-0.05, 0) is 30.2 Å². The molecule has 0 radical (unpaired) electrons. The van der Waals surface area contributed by atoms with E-state index in [2.05, 4.69) is 40.2 Å². The van der Waals surface area contributed by atoms with Crippen LogP contribution in [0.5, 0.6) is 0 Å². The second-order valence-corrected chi connectivity index (χ2v) is 5.40. The smallest absolute Gasteiger partial charge is 0.239 e. The highest BCUT2D eigenvalue weighted by atomic mass is 16.2. The summed E-state index contributed by atoms with van der Waals surface area (Å²) >= 11 is 0. The van der Waals surface area contributed by atoms with Gasteiger partial charge < -0.3 is 16.0 Å². The van der Waals surface area contributed by atoms with Crippen LogP contribution >= 0.6 is 0 Å². The van der Waals surface area contributed by atoms with E-state index in [1.165, 1.54) is 10.8 Å². The lowest BCUT2D eigenvalue weighted by Crippen LogP contribution is -2.41. The number of hydrogen-bond acceptors (Lipinski definition) is 3. The molecule has 0 saturated heterocycles. The fourth-order valence-corrected chi connectivity index (χ4v) is 2.48. The maximum Gasteiger partial charge on any atom is 0.239 e. The normalized spacial score (nSPS) is 11.9. The molecule has 0 saturated carbocycles. The molecule has 0 aromatic heterocycles. The Morgan fingerprint density at radius 2 is 1.65 bits per heavy atom. The summed E-state index contributed by atoms with van der Waals surface area (Å²) in [6.07, 6.45) is 0. The molecule has 2 aromatic rings. The zero-order valence-electron chi connectivity index (χ0n) is 13.6. The first kappa shape index (κ1) is 17.0. The van der Waals surface area contributed by atoms with E-state index in [-0.39, 0.29) is 30.9 Å². The average Bonchev–Trinajstić information content (AvgIpc) is 2.57. The van der Waals surface area contributed by atoms with E-state index >= 15 is 0 Å². The third kappa shape index (κ3) is 4.79. The number of rotatable bonds is 7. The quantitative estimate of drug-likeness (QED) is 0.729. The minimum atomic E-state index is -0.191. The van der Waals surface area contributed by atoms with E-state index < -0.39 is 0 Å². The van der Waals surface area contributed by atoms with E-state index in [9.17, 15) is 9.59 Å². The van der Waals surface area contributed by atoms with E-state index in [4.69, 9.17) is 0 Å². The van der Waals surface area contributed by atoms with Crippen molar-refractivity contribution in [2.75, 3.05) is 19.6 Å². The molecular formula is C18H23N3O2. The monoisotopic (exact) mass is 313 g/mol. The molecule has 5 nitrogen and oxygen atoms in total. The Kier molecular flexibility index (Phi) is 6.11. The first-order valence-electron chi connectivity index (χ1n) is 7.86. The fraction of sp³-hybridized carbons (Fsp3) is 0.333. The predicted molar refractivity (Wildman–Crippen MR) is 92.1 cm³/mol. The fourth-order valence-electron chi connectivity index (χ4n) is 2.48. The summed E-state index contributed by atoms with van der Waals surface area (Å²) in [6.45, 7) is 4.61. The number of fused-ring (bicyclic) bond motifs is 1. The summed E-state index contributed by atoms with van der Waals surface area (Å²) in [4.78, 5) is 23.1. The zero-order chi connectivity index (χ0) is 16.7. The van der Waals surface area contributed by atoms with Crippen LogP contribution < -0.4 is 16.0 Å². The minimum Gasteiger partial charge on any atom is -0.355 e. The second-order valence-electron chi connectivity index (χ2n) is 5.40. The van der Waals surface area contributed by atoms with Crippen LogP contribution in [0.2, 0.25) is 0 Å². The number of benzene rings is 2. The van der Waals surface area contributed by atoms with Crippen LogP contribution in [-0.4, -0.2) is 31.4 Å². The van der Waals surface area contributed by atoms with Crippen molar-refractivity contribution in [3.8, 4) is 0 Å². The molecule has 23 heavy (non-hydrogen) atoms. The van der Waals surface area contributed by atoms with E-state index in [1.54, 1.807) is 0 Å². The molecule has 0 spiro atoms. The lowest BCUT2D eigenvalue weighted by molar-refractivity contribution is -0.125. The van der Waals surface area contributed by atoms with Crippen LogP contribution in [0.25, 0.3) is 10.8 Å². The highest BCUT2D eigenvalue weighted by molar-refractivity contribution is 5.87. The van der Waals surface area contributed by atoms with Gasteiger partial charge in [0.15, 0.2) is 0 Å². The molecule has 0 bridgehead atoms. The van der Waals surface area contributed by atoms with Gasteiger partial charge in [0.25, 0.3) is 0 Å². The maximum atomic E-state index is 11.8. The molecule has 3 N–H and O–H groups in total. The van der Waals surface area contributed by atoms with Gasteiger partial charge in [-0.3, -0.25) is 9.59 Å². The largest absolute Gasteiger partial charge is 0.355 e. The van der Waals surface area contributed by atoms with Gasteiger partial charge >= 0.3 is 0 Å². The molecule has 2 rings (SSSR count). The Labute approximate surface area is 136 Å². The van der Waals surface area contributed by atoms with Gasteiger partial charge in [0, 0.05) is 12.6 Å². The number of carbonyl (C=O) groups excluding carboxylic acids is 2. The summed E-state index contributed by atoms with van der Waals surface area (Å²) in [5, 5.41) is 10.8. The first-order chi connectivity index (χ1) is 11.1. The summed E-state index contributed by atoms with van der Waals surface area (Å²) in [7, 11) is 0. The van der Waals surface area contributed by atoms with Crippen LogP contribution in [0.3, 0.4) is 0 Å². The number of carbonyl (C=O) groups is 2. The molecule has 2 amide bonds. The van der Waals surface area contributed by atoms with Gasteiger partial charge in [0.05, 0.1) is 13.1 Å². The highest BCUT2D eigenvalue weighted by Crippen LogP contribution is 2.23. The van der Waals surface area contributed by atoms with Crippen molar-refractivity contribution in [3.05, 3.63) is 48.0 Å². The van der Waals surface area contributed by atoms with Crippen molar-refractivity contribution in [1.82, 2.24) is 16.0 Å². The van der Waals surface area contributed by atoms with Crippen LogP contribution in [0.1, 0.15) is 25.5 Å². The van der Waals surface area contributed by atoms with E-state index in [0.29, 0.717) is 6.54 Å². The number of nitrogens with one attached hydrogen (secondary N) is 3. The van der Waals surface area contributed by atoms with Crippen molar-refractivity contribution < 1.29 is 9.59 Å². The van der Waals surface area contributed by atoms with Crippen molar-refractivity contribution >= 4 is 22.6 Å². The SMILES string of the molecule is CCNC(=O)CNC(=O)CN[C@@H](C)c1cccc2ccccc12. The van der Waals surface area contributed by atoms with Crippen LogP contribution in [0, 0.1) is 0 Å². The summed E-state index contributed by atoms with van der Waals surface area (Å²) in [5.74, 6) is -0.369.